The van der Waals surface area contributed by atoms with Crippen molar-refractivity contribution in [2.45, 2.75) is 32.6 Å². The van der Waals surface area contributed by atoms with Crippen LogP contribution in [0.5, 0.6) is 0 Å². The predicted octanol–water partition coefficient (Wildman–Crippen LogP) is 2.91. The van der Waals surface area contributed by atoms with Crippen LogP contribution in [0.2, 0.25) is 0 Å². The third-order valence-corrected chi connectivity index (χ3v) is 4.90. The molecule has 2 saturated heterocycles. The number of nitrogens with zero attached hydrogens (tertiary/aromatic N) is 6. The van der Waals surface area contributed by atoms with E-state index in [1.165, 1.54) is 25.7 Å². The maximum absolute atomic E-state index is 4.72. The average Bonchev–Trinajstić information content (AvgIpc) is 3.40. The van der Waals surface area contributed by atoms with Crippen LogP contribution < -0.4 is 15.2 Å². The molecule has 0 aliphatic carbocycles. The first kappa shape index (κ1) is 16.8. The summed E-state index contributed by atoms with van der Waals surface area (Å²) in [6.07, 6.45) is 4.77. The fourth-order valence-electron chi connectivity index (χ4n) is 3.40. The molecule has 2 aromatic rings. The zero-order chi connectivity index (χ0) is 17.8. The highest BCUT2D eigenvalue weighted by Gasteiger charge is 2.21. The average molecular weight is 351 g/mol. The second-order valence-electron chi connectivity index (χ2n) is 6.82. The lowest BCUT2D eigenvalue weighted by atomic mass is 10.1. The van der Waals surface area contributed by atoms with Crippen molar-refractivity contribution < 1.29 is 0 Å². The second-order valence-corrected chi connectivity index (χ2v) is 6.82. The Morgan fingerprint density at radius 3 is 1.92 bits per heavy atom. The van der Waals surface area contributed by atoms with Gasteiger partial charge in [-0.1, -0.05) is 30.3 Å². The zero-order valence-electron chi connectivity index (χ0n) is 15.2. The fourth-order valence-corrected chi connectivity index (χ4v) is 3.40. The number of hydrazone groups is 1. The molecule has 2 aliphatic rings. The molecule has 7 nitrogen and oxygen atoms in total. The van der Waals surface area contributed by atoms with Crippen molar-refractivity contribution in [2.75, 3.05) is 41.4 Å². The molecule has 1 N–H and O–H groups in total. The van der Waals surface area contributed by atoms with Crippen molar-refractivity contribution >= 4 is 23.6 Å². The number of aromatic nitrogens is 3. The summed E-state index contributed by atoms with van der Waals surface area (Å²) < 4.78 is 0. The second kappa shape index (κ2) is 7.68. The lowest BCUT2D eigenvalue weighted by Crippen LogP contribution is -2.25. The van der Waals surface area contributed by atoms with Gasteiger partial charge in [-0.25, -0.2) is 5.43 Å². The van der Waals surface area contributed by atoms with Crippen molar-refractivity contribution in [1.82, 2.24) is 15.0 Å². The van der Waals surface area contributed by atoms with E-state index in [2.05, 4.69) is 30.3 Å². The Labute approximate surface area is 154 Å². The zero-order valence-corrected chi connectivity index (χ0v) is 15.2. The Hall–Kier alpha value is -2.70. The van der Waals surface area contributed by atoms with Crippen molar-refractivity contribution in [3.63, 3.8) is 0 Å². The van der Waals surface area contributed by atoms with E-state index >= 15 is 0 Å². The molecule has 1 aromatic heterocycles. The Morgan fingerprint density at radius 2 is 1.38 bits per heavy atom. The summed E-state index contributed by atoms with van der Waals surface area (Å²) in [5.41, 5.74) is 5.02. The number of anilines is 3. The van der Waals surface area contributed by atoms with Crippen LogP contribution in [-0.4, -0.2) is 46.8 Å². The Kier molecular flexibility index (Phi) is 4.95. The van der Waals surface area contributed by atoms with Gasteiger partial charge in [-0.3, -0.25) is 0 Å². The van der Waals surface area contributed by atoms with E-state index in [9.17, 15) is 0 Å². The Bertz CT molecular complexity index is 728. The van der Waals surface area contributed by atoms with E-state index in [4.69, 9.17) is 4.98 Å². The molecule has 2 fully saturated rings. The molecular weight excluding hydrogens is 326 g/mol. The number of hydrogen-bond donors (Lipinski definition) is 1. The molecule has 0 atom stereocenters. The summed E-state index contributed by atoms with van der Waals surface area (Å²) in [5.74, 6) is 2.03. The molecule has 1 aromatic carbocycles. The maximum atomic E-state index is 4.72. The molecule has 0 saturated carbocycles. The smallest absolute Gasteiger partial charge is 0.250 e. The number of nitrogens with one attached hydrogen (secondary N) is 1. The largest absolute Gasteiger partial charge is 0.341 e. The van der Waals surface area contributed by atoms with Gasteiger partial charge < -0.3 is 9.80 Å². The van der Waals surface area contributed by atoms with Crippen molar-refractivity contribution in [3.05, 3.63) is 35.9 Å². The number of benzene rings is 1. The van der Waals surface area contributed by atoms with E-state index in [0.717, 1.165) is 49.4 Å². The SMILES string of the molecule is C/C(=N/Nc1nc(N2CCCC2)nc(N2CCCC2)n1)c1ccccc1. The molecule has 26 heavy (non-hydrogen) atoms. The molecule has 136 valence electrons. The summed E-state index contributed by atoms with van der Waals surface area (Å²) in [6, 6.07) is 10.1. The van der Waals surface area contributed by atoms with Gasteiger partial charge >= 0.3 is 0 Å². The Balaban J connectivity index is 1.59. The number of hydrogen-bond acceptors (Lipinski definition) is 7. The van der Waals surface area contributed by atoms with Gasteiger partial charge in [-0.2, -0.15) is 20.1 Å². The van der Waals surface area contributed by atoms with Gasteiger partial charge in [0.2, 0.25) is 17.8 Å². The highest BCUT2D eigenvalue weighted by molar-refractivity contribution is 5.98. The van der Waals surface area contributed by atoms with Gasteiger partial charge in [-0.15, -0.1) is 0 Å². The van der Waals surface area contributed by atoms with Crippen molar-refractivity contribution in [1.29, 1.82) is 0 Å². The van der Waals surface area contributed by atoms with Gasteiger partial charge in [0.25, 0.3) is 0 Å². The number of rotatable bonds is 5. The van der Waals surface area contributed by atoms with E-state index in [0.29, 0.717) is 5.95 Å². The van der Waals surface area contributed by atoms with Crippen molar-refractivity contribution in [3.8, 4) is 0 Å². The molecule has 0 bridgehead atoms. The molecule has 0 spiro atoms. The molecule has 7 heteroatoms. The monoisotopic (exact) mass is 351 g/mol. The predicted molar refractivity (Wildman–Crippen MR) is 105 cm³/mol. The van der Waals surface area contributed by atoms with Crippen LogP contribution in [0, 0.1) is 0 Å². The van der Waals surface area contributed by atoms with Gasteiger partial charge in [0.15, 0.2) is 0 Å². The summed E-state index contributed by atoms with van der Waals surface area (Å²) in [4.78, 5) is 18.4. The summed E-state index contributed by atoms with van der Waals surface area (Å²) in [5, 5.41) is 4.48. The van der Waals surface area contributed by atoms with E-state index in [1.807, 2.05) is 37.3 Å². The van der Waals surface area contributed by atoms with Crippen LogP contribution in [0.1, 0.15) is 38.2 Å². The van der Waals surface area contributed by atoms with Gasteiger partial charge in [-0.05, 0) is 38.2 Å². The van der Waals surface area contributed by atoms with E-state index in [1.54, 1.807) is 0 Å². The molecule has 2 aliphatic heterocycles. The van der Waals surface area contributed by atoms with Crippen LogP contribution in [0.3, 0.4) is 0 Å². The van der Waals surface area contributed by atoms with Gasteiger partial charge in [0, 0.05) is 26.2 Å². The topological polar surface area (TPSA) is 69.5 Å². The van der Waals surface area contributed by atoms with Crippen LogP contribution in [0.25, 0.3) is 0 Å². The lowest BCUT2D eigenvalue weighted by molar-refractivity contribution is 0.838. The molecule has 4 rings (SSSR count). The quantitative estimate of drug-likeness (QED) is 0.660. The van der Waals surface area contributed by atoms with Gasteiger partial charge in [0.05, 0.1) is 5.71 Å². The third-order valence-electron chi connectivity index (χ3n) is 4.90. The molecule has 0 radical (unpaired) electrons. The molecule has 3 heterocycles. The van der Waals surface area contributed by atoms with Crippen LogP contribution >= 0.6 is 0 Å². The summed E-state index contributed by atoms with van der Waals surface area (Å²) >= 11 is 0. The minimum Gasteiger partial charge on any atom is -0.341 e. The highest BCUT2D eigenvalue weighted by atomic mass is 15.4. The van der Waals surface area contributed by atoms with Crippen molar-refractivity contribution in [2.24, 2.45) is 5.10 Å². The first-order valence-electron chi connectivity index (χ1n) is 9.41. The van der Waals surface area contributed by atoms with Crippen LogP contribution in [0.15, 0.2) is 35.4 Å². The minimum absolute atomic E-state index is 0.513. The first-order chi connectivity index (χ1) is 12.8. The molecule has 0 amide bonds. The Morgan fingerprint density at radius 1 is 0.846 bits per heavy atom. The molecule has 0 unspecified atom stereocenters. The minimum atomic E-state index is 0.513. The normalized spacial score (nSPS) is 17.8. The maximum Gasteiger partial charge on any atom is 0.250 e. The fraction of sp³-hybridized carbons (Fsp3) is 0.474. The third kappa shape index (κ3) is 3.76. The van der Waals surface area contributed by atoms with E-state index < -0.39 is 0 Å². The summed E-state index contributed by atoms with van der Waals surface area (Å²) in [7, 11) is 0. The van der Waals surface area contributed by atoms with Gasteiger partial charge in [0.1, 0.15) is 0 Å². The van der Waals surface area contributed by atoms with Crippen LogP contribution in [0.4, 0.5) is 17.8 Å². The molecular formula is C19H25N7. The lowest BCUT2D eigenvalue weighted by Gasteiger charge is -2.20. The highest BCUT2D eigenvalue weighted by Crippen LogP contribution is 2.22. The van der Waals surface area contributed by atoms with E-state index in [-0.39, 0.29) is 0 Å². The summed E-state index contributed by atoms with van der Waals surface area (Å²) in [6.45, 7) is 6.01. The standard InChI is InChI=1S/C19H25N7/c1-15(16-9-3-2-4-10-16)23-24-17-20-18(25-11-5-6-12-25)22-19(21-17)26-13-7-8-14-26/h2-4,9-10H,5-8,11-14H2,1H3,(H,20,21,22,24)/b23-15-. The van der Waals surface area contributed by atoms with Crippen LogP contribution in [-0.2, 0) is 0 Å². The first-order valence-corrected chi connectivity index (χ1v) is 9.41.